The zero-order valence-electron chi connectivity index (χ0n) is 9.06. The van der Waals surface area contributed by atoms with Crippen LogP contribution < -0.4 is 27.9 Å². The van der Waals surface area contributed by atoms with E-state index in [-0.39, 0.29) is 12.0 Å². The average Bonchev–Trinajstić information content (AvgIpc) is 2.20. The van der Waals surface area contributed by atoms with E-state index in [1.54, 1.807) is 5.43 Å². The molecule has 8 N–H and O–H groups in total. The number of hydrogen-bond donors (Lipinski definition) is 5. The second kappa shape index (κ2) is 8.83. The molecule has 0 aliphatic rings. The van der Waals surface area contributed by atoms with Crippen LogP contribution in [-0.4, -0.2) is 36.8 Å². The highest BCUT2D eigenvalue weighted by Crippen LogP contribution is 1.93. The highest BCUT2D eigenvalue weighted by Gasteiger charge is 2.01. The third kappa shape index (κ3) is 9.12. The predicted molar refractivity (Wildman–Crippen MR) is 60.9 cm³/mol. The molecule has 0 spiro atoms. The molecule has 0 rings (SSSR count). The van der Waals surface area contributed by atoms with Crippen molar-refractivity contribution in [2.45, 2.75) is 18.9 Å². The lowest BCUT2D eigenvalue weighted by Crippen LogP contribution is -2.37. The third-order valence-corrected chi connectivity index (χ3v) is 1.77. The van der Waals surface area contributed by atoms with Crippen LogP contribution in [0.5, 0.6) is 0 Å². The van der Waals surface area contributed by atoms with Crippen molar-refractivity contribution in [3.05, 3.63) is 10.1 Å². The lowest BCUT2D eigenvalue weighted by Gasteiger charge is -2.10. The van der Waals surface area contributed by atoms with E-state index in [2.05, 4.69) is 10.3 Å². The van der Waals surface area contributed by atoms with Crippen LogP contribution in [0.1, 0.15) is 12.8 Å². The van der Waals surface area contributed by atoms with Crippen LogP contribution in [0.3, 0.4) is 0 Å². The van der Waals surface area contributed by atoms with Gasteiger partial charge in [-0.25, -0.2) is 15.1 Å². The number of nitrogens with zero attached hydrogens (tertiary/aromatic N) is 2. The van der Waals surface area contributed by atoms with Gasteiger partial charge in [0.15, 0.2) is 5.03 Å². The normalized spacial score (nSPS) is 13.5. The first-order chi connectivity index (χ1) is 7.56. The SMILES string of the molecule is NCNC[C@@H](N)CCCN=C(N)N[N+](=O)[O-]. The number of nitrogens with one attached hydrogen (secondary N) is 2. The molecular weight excluding hydrogens is 214 g/mol. The zero-order valence-corrected chi connectivity index (χ0v) is 9.06. The Labute approximate surface area is 93.6 Å². The first-order valence-electron chi connectivity index (χ1n) is 4.93. The molecule has 9 heteroatoms. The second-order valence-corrected chi connectivity index (χ2v) is 3.20. The quantitative estimate of drug-likeness (QED) is 0.0787. The van der Waals surface area contributed by atoms with E-state index in [4.69, 9.17) is 17.2 Å². The van der Waals surface area contributed by atoms with Crippen molar-refractivity contribution in [2.75, 3.05) is 19.8 Å². The Balaban J connectivity index is 3.54. The summed E-state index contributed by atoms with van der Waals surface area (Å²) in [6, 6.07) is 0.00319. The molecule has 0 amide bonds. The van der Waals surface area contributed by atoms with Gasteiger partial charge in [0.25, 0.3) is 5.96 Å². The van der Waals surface area contributed by atoms with Crippen LogP contribution in [0.25, 0.3) is 0 Å². The maximum absolute atomic E-state index is 9.96. The summed E-state index contributed by atoms with van der Waals surface area (Å²) in [5.74, 6) is -0.196. The molecule has 0 aromatic heterocycles. The minimum atomic E-state index is -0.754. The monoisotopic (exact) mass is 233 g/mol. The summed E-state index contributed by atoms with van der Waals surface area (Å²) in [5.41, 5.74) is 17.9. The van der Waals surface area contributed by atoms with Crippen LogP contribution in [0.15, 0.2) is 4.99 Å². The van der Waals surface area contributed by atoms with Gasteiger partial charge in [0.05, 0.1) is 0 Å². The predicted octanol–water partition coefficient (Wildman–Crippen LogP) is -2.30. The van der Waals surface area contributed by atoms with Gasteiger partial charge in [-0.2, -0.15) is 0 Å². The highest BCUT2D eigenvalue weighted by molar-refractivity contribution is 5.76. The number of hydrazine groups is 1. The van der Waals surface area contributed by atoms with E-state index >= 15 is 0 Å². The lowest BCUT2D eigenvalue weighted by molar-refractivity contribution is -0.525. The van der Waals surface area contributed by atoms with E-state index in [1.807, 2.05) is 0 Å². The maximum atomic E-state index is 9.96. The molecule has 0 saturated heterocycles. The van der Waals surface area contributed by atoms with E-state index < -0.39 is 5.03 Å². The van der Waals surface area contributed by atoms with Crippen molar-refractivity contribution in [2.24, 2.45) is 22.2 Å². The van der Waals surface area contributed by atoms with Crippen molar-refractivity contribution in [3.8, 4) is 0 Å². The largest absolute Gasteiger partial charge is 0.365 e. The summed E-state index contributed by atoms with van der Waals surface area (Å²) in [6.07, 6.45) is 1.47. The Morgan fingerprint density at radius 3 is 2.81 bits per heavy atom. The Kier molecular flexibility index (Phi) is 8.03. The van der Waals surface area contributed by atoms with Crippen molar-refractivity contribution < 1.29 is 5.03 Å². The fraction of sp³-hybridized carbons (Fsp3) is 0.857. The molecule has 0 aliphatic carbocycles. The molecule has 16 heavy (non-hydrogen) atoms. The minimum Gasteiger partial charge on any atom is -0.365 e. The molecule has 0 aromatic rings. The average molecular weight is 233 g/mol. The number of hydrogen-bond acceptors (Lipinski definition) is 6. The van der Waals surface area contributed by atoms with Crippen LogP contribution in [0.2, 0.25) is 0 Å². The molecule has 0 aromatic carbocycles. The van der Waals surface area contributed by atoms with Gasteiger partial charge in [0.1, 0.15) is 0 Å². The molecule has 1 atom stereocenters. The minimum absolute atomic E-state index is 0.00319. The topological polar surface area (TPSA) is 158 Å². The third-order valence-electron chi connectivity index (χ3n) is 1.77. The second-order valence-electron chi connectivity index (χ2n) is 3.20. The van der Waals surface area contributed by atoms with Gasteiger partial charge >= 0.3 is 0 Å². The number of guanidine groups is 1. The zero-order chi connectivity index (χ0) is 12.4. The van der Waals surface area contributed by atoms with Gasteiger partial charge in [-0.15, -0.1) is 0 Å². The van der Waals surface area contributed by atoms with Gasteiger partial charge in [-0.1, -0.05) is 5.43 Å². The summed E-state index contributed by atoms with van der Waals surface area (Å²) < 4.78 is 0. The summed E-state index contributed by atoms with van der Waals surface area (Å²) in [5, 5.41) is 12.1. The molecule has 0 heterocycles. The summed E-state index contributed by atoms with van der Waals surface area (Å²) in [6.45, 7) is 1.44. The van der Waals surface area contributed by atoms with Gasteiger partial charge in [-0.3, -0.25) is 0 Å². The van der Waals surface area contributed by atoms with Crippen molar-refractivity contribution in [1.29, 1.82) is 0 Å². The van der Waals surface area contributed by atoms with Gasteiger partial charge in [-0.05, 0) is 12.8 Å². The van der Waals surface area contributed by atoms with Crippen LogP contribution in [0.4, 0.5) is 0 Å². The molecule has 0 unspecified atom stereocenters. The molecule has 0 bridgehead atoms. The molecule has 94 valence electrons. The number of nitro groups is 1. The van der Waals surface area contributed by atoms with E-state index in [9.17, 15) is 10.1 Å². The Morgan fingerprint density at radius 1 is 1.56 bits per heavy atom. The number of rotatable bonds is 8. The molecule has 9 nitrogen and oxygen atoms in total. The Hall–Kier alpha value is -1.45. The molecule has 0 fully saturated rings. The molecular formula is C7H19N7O2. The summed E-state index contributed by atoms with van der Waals surface area (Å²) in [4.78, 5) is 13.7. The van der Waals surface area contributed by atoms with Gasteiger partial charge in [0, 0.05) is 25.8 Å². The van der Waals surface area contributed by atoms with Crippen molar-refractivity contribution in [3.63, 3.8) is 0 Å². The lowest BCUT2D eigenvalue weighted by atomic mass is 10.2. The van der Waals surface area contributed by atoms with Gasteiger partial charge in [0.2, 0.25) is 0 Å². The van der Waals surface area contributed by atoms with E-state index in [1.165, 1.54) is 0 Å². The van der Waals surface area contributed by atoms with Gasteiger partial charge < -0.3 is 22.5 Å². The van der Waals surface area contributed by atoms with E-state index in [0.29, 0.717) is 26.2 Å². The van der Waals surface area contributed by atoms with Crippen molar-refractivity contribution >= 4 is 5.96 Å². The Bertz CT molecular complexity index is 233. The van der Waals surface area contributed by atoms with E-state index in [0.717, 1.165) is 6.42 Å². The summed E-state index contributed by atoms with van der Waals surface area (Å²) in [7, 11) is 0. The fourth-order valence-corrected chi connectivity index (χ4v) is 1.05. The Morgan fingerprint density at radius 2 is 2.25 bits per heavy atom. The standard InChI is InChI=1S/C7H19N7O2/c8-5-11-4-6(9)2-1-3-12-7(10)13-14(15)16/h6,11H,1-5,8-9H2,(H3,10,12,13)/t6-/m0/s1. The van der Waals surface area contributed by atoms with Crippen molar-refractivity contribution in [1.82, 2.24) is 10.7 Å². The fourth-order valence-electron chi connectivity index (χ4n) is 1.05. The molecule has 0 radical (unpaired) electrons. The highest BCUT2D eigenvalue weighted by atomic mass is 16.7. The first-order valence-corrected chi connectivity index (χ1v) is 4.93. The number of nitrogens with two attached hydrogens (primary N) is 3. The first kappa shape index (κ1) is 14.6. The molecule has 0 aliphatic heterocycles. The van der Waals surface area contributed by atoms with Crippen LogP contribution in [-0.2, 0) is 0 Å². The van der Waals surface area contributed by atoms with Crippen LogP contribution in [0, 0.1) is 10.1 Å². The summed E-state index contributed by atoms with van der Waals surface area (Å²) >= 11 is 0. The smallest absolute Gasteiger partial charge is 0.251 e. The number of aliphatic imine (C=N–C) groups is 1. The maximum Gasteiger partial charge on any atom is 0.251 e. The van der Waals surface area contributed by atoms with Crippen LogP contribution >= 0.6 is 0 Å². The molecule has 0 saturated carbocycles.